The number of nitrogens with one attached hydrogen (secondary N) is 1. The van der Waals surface area contributed by atoms with Crippen molar-refractivity contribution in [1.29, 1.82) is 0 Å². The van der Waals surface area contributed by atoms with E-state index in [1.807, 2.05) is 47.2 Å². The molecule has 0 bridgehead atoms. The van der Waals surface area contributed by atoms with Crippen molar-refractivity contribution in [2.75, 3.05) is 6.54 Å². The van der Waals surface area contributed by atoms with Crippen LogP contribution in [0.3, 0.4) is 0 Å². The number of hydrogen-bond donors (Lipinski definition) is 1. The van der Waals surface area contributed by atoms with E-state index in [0.29, 0.717) is 34.0 Å². The second-order valence-corrected chi connectivity index (χ2v) is 10.4. The molecule has 0 unspecified atom stereocenters. The molecule has 0 aliphatic rings. The van der Waals surface area contributed by atoms with Crippen LogP contribution in [-0.2, 0) is 5.75 Å². The Morgan fingerprint density at radius 1 is 1.20 bits per heavy atom. The highest BCUT2D eigenvalue weighted by Crippen LogP contribution is 2.32. The zero-order chi connectivity index (χ0) is 24.6. The lowest BCUT2D eigenvalue weighted by Gasteiger charge is -2.13. The molecule has 1 amide bonds. The van der Waals surface area contributed by atoms with Crippen molar-refractivity contribution in [3.63, 3.8) is 0 Å². The monoisotopic (exact) mass is 526 g/mol. The summed E-state index contributed by atoms with van der Waals surface area (Å²) in [6, 6.07) is 9.59. The smallest absolute Gasteiger partial charge is 0.270 e. The average Bonchev–Trinajstić information content (AvgIpc) is 3.52. The van der Waals surface area contributed by atoms with Crippen LogP contribution in [0.15, 0.2) is 53.3 Å². The molecule has 1 aromatic carbocycles. The van der Waals surface area contributed by atoms with Crippen LogP contribution in [0, 0.1) is 6.92 Å². The molecule has 0 aliphatic carbocycles. The topological polar surface area (TPSA) is 85.6 Å². The summed E-state index contributed by atoms with van der Waals surface area (Å²) in [6.45, 7) is 4.88. The average molecular weight is 527 g/mol. The summed E-state index contributed by atoms with van der Waals surface area (Å²) in [5, 5.41) is 15.9. The summed E-state index contributed by atoms with van der Waals surface area (Å²) in [4.78, 5) is 21.2. The van der Waals surface area contributed by atoms with E-state index in [2.05, 4.69) is 32.4 Å². The quantitative estimate of drug-likeness (QED) is 0.181. The number of aromatic nitrogens is 5. The number of unbranched alkanes of at least 4 members (excludes halogenated alkanes) is 3. The van der Waals surface area contributed by atoms with E-state index >= 15 is 0 Å². The van der Waals surface area contributed by atoms with Crippen molar-refractivity contribution < 1.29 is 4.79 Å². The standard InChI is InChI=1S/C25H27ClN6OS2/c1-3-4-5-6-12-28-24(33)20-15-34-22(29-20)16-35-25-31-30-23(18-8-7-11-27-14-18)32(25)21-13-19(26)10-9-17(21)2/h7-11,13-15H,3-6,12,16H2,1-2H3,(H,28,33). The van der Waals surface area contributed by atoms with E-state index in [1.165, 1.54) is 35.9 Å². The predicted octanol–water partition coefficient (Wildman–Crippen LogP) is 6.35. The fraction of sp³-hybridized carbons (Fsp3) is 0.320. The number of halogens is 1. The van der Waals surface area contributed by atoms with Crippen LogP contribution in [0.5, 0.6) is 0 Å². The highest BCUT2D eigenvalue weighted by Gasteiger charge is 2.19. The van der Waals surface area contributed by atoms with Gasteiger partial charge in [0.15, 0.2) is 11.0 Å². The molecule has 35 heavy (non-hydrogen) atoms. The molecular formula is C25H27ClN6OS2. The Labute approximate surface area is 218 Å². The van der Waals surface area contributed by atoms with Crippen LogP contribution in [0.25, 0.3) is 17.1 Å². The summed E-state index contributed by atoms with van der Waals surface area (Å²) in [7, 11) is 0. The van der Waals surface area contributed by atoms with Crippen LogP contribution >= 0.6 is 34.7 Å². The first-order valence-electron chi connectivity index (χ1n) is 11.5. The number of nitrogens with zero attached hydrogens (tertiary/aromatic N) is 5. The summed E-state index contributed by atoms with van der Waals surface area (Å²) in [5.74, 6) is 1.14. The lowest BCUT2D eigenvalue weighted by atomic mass is 10.2. The Kier molecular flexibility index (Phi) is 8.90. The van der Waals surface area contributed by atoms with E-state index in [-0.39, 0.29) is 5.91 Å². The zero-order valence-corrected chi connectivity index (χ0v) is 22.1. The van der Waals surface area contributed by atoms with Crippen molar-refractivity contribution in [1.82, 2.24) is 30.0 Å². The molecular weight excluding hydrogens is 500 g/mol. The molecule has 0 radical (unpaired) electrons. The van der Waals surface area contributed by atoms with Gasteiger partial charge in [0.05, 0.1) is 11.4 Å². The minimum Gasteiger partial charge on any atom is -0.351 e. The van der Waals surface area contributed by atoms with Gasteiger partial charge in [-0.3, -0.25) is 14.3 Å². The molecule has 0 saturated heterocycles. The first kappa shape index (κ1) is 25.3. The summed E-state index contributed by atoms with van der Waals surface area (Å²) < 4.78 is 2.00. The Balaban J connectivity index is 1.51. The number of thioether (sulfide) groups is 1. The van der Waals surface area contributed by atoms with Crippen LogP contribution in [0.1, 0.15) is 53.7 Å². The number of hydrogen-bond acceptors (Lipinski definition) is 7. The van der Waals surface area contributed by atoms with Crippen molar-refractivity contribution in [3.05, 3.63) is 69.4 Å². The summed E-state index contributed by atoms with van der Waals surface area (Å²) in [6.07, 6.45) is 7.98. The van der Waals surface area contributed by atoms with Crippen LogP contribution < -0.4 is 5.32 Å². The first-order valence-corrected chi connectivity index (χ1v) is 13.8. The number of pyridine rings is 1. The fourth-order valence-corrected chi connectivity index (χ4v) is 5.44. The molecule has 3 heterocycles. The number of thiazole rings is 1. The third-order valence-electron chi connectivity index (χ3n) is 5.39. The highest BCUT2D eigenvalue weighted by atomic mass is 35.5. The number of amides is 1. The van der Waals surface area contributed by atoms with Gasteiger partial charge in [0, 0.05) is 34.9 Å². The third-order valence-corrected chi connectivity index (χ3v) is 7.60. The molecule has 182 valence electrons. The van der Waals surface area contributed by atoms with Gasteiger partial charge in [-0.2, -0.15) is 0 Å². The van der Waals surface area contributed by atoms with Gasteiger partial charge >= 0.3 is 0 Å². The molecule has 10 heteroatoms. The lowest BCUT2D eigenvalue weighted by Crippen LogP contribution is -2.24. The molecule has 3 aromatic heterocycles. The Bertz CT molecular complexity index is 1270. The second kappa shape index (κ2) is 12.3. The van der Waals surface area contributed by atoms with Crippen LogP contribution in [0.2, 0.25) is 5.02 Å². The summed E-state index contributed by atoms with van der Waals surface area (Å²) in [5.41, 5.74) is 3.28. The molecule has 0 aliphatic heterocycles. The minimum absolute atomic E-state index is 0.120. The SMILES string of the molecule is CCCCCCNC(=O)c1csc(CSc2nnc(-c3cccnc3)n2-c2cc(Cl)ccc2C)n1. The number of benzene rings is 1. The maximum Gasteiger partial charge on any atom is 0.270 e. The first-order chi connectivity index (χ1) is 17.1. The number of rotatable bonds is 11. The van der Waals surface area contributed by atoms with Gasteiger partial charge in [-0.1, -0.05) is 55.6 Å². The number of carbonyl (C=O) groups is 1. The molecule has 0 saturated carbocycles. The van der Waals surface area contributed by atoms with E-state index in [9.17, 15) is 4.79 Å². The van der Waals surface area contributed by atoms with Gasteiger partial charge in [-0.15, -0.1) is 21.5 Å². The lowest BCUT2D eigenvalue weighted by molar-refractivity contribution is 0.0948. The summed E-state index contributed by atoms with van der Waals surface area (Å²) >= 11 is 9.32. The number of carbonyl (C=O) groups excluding carboxylic acids is 1. The molecule has 0 atom stereocenters. The van der Waals surface area contributed by atoms with Gasteiger partial charge in [0.25, 0.3) is 5.91 Å². The largest absolute Gasteiger partial charge is 0.351 e. The van der Waals surface area contributed by atoms with Gasteiger partial charge in [-0.25, -0.2) is 4.98 Å². The van der Waals surface area contributed by atoms with Gasteiger partial charge in [0.2, 0.25) is 0 Å². The number of aryl methyl sites for hydroxylation is 1. The van der Waals surface area contributed by atoms with Crippen molar-refractivity contribution in [3.8, 4) is 17.1 Å². The van der Waals surface area contributed by atoms with Gasteiger partial charge in [-0.05, 0) is 43.2 Å². The van der Waals surface area contributed by atoms with Crippen LogP contribution in [-0.4, -0.2) is 37.2 Å². The van der Waals surface area contributed by atoms with Gasteiger partial charge in [0.1, 0.15) is 10.7 Å². The Morgan fingerprint density at radius 3 is 2.89 bits per heavy atom. The molecule has 0 fully saturated rings. The molecule has 1 N–H and O–H groups in total. The minimum atomic E-state index is -0.120. The molecule has 4 aromatic rings. The maximum absolute atomic E-state index is 12.4. The molecule has 7 nitrogen and oxygen atoms in total. The fourth-order valence-electron chi connectivity index (χ4n) is 3.54. The third kappa shape index (κ3) is 6.48. The maximum atomic E-state index is 12.4. The van der Waals surface area contributed by atoms with E-state index < -0.39 is 0 Å². The zero-order valence-electron chi connectivity index (χ0n) is 19.7. The molecule has 0 spiro atoms. The second-order valence-electron chi connectivity index (χ2n) is 8.05. The van der Waals surface area contributed by atoms with E-state index in [0.717, 1.165) is 34.7 Å². The Morgan fingerprint density at radius 2 is 2.09 bits per heavy atom. The molecule has 4 rings (SSSR count). The van der Waals surface area contributed by atoms with Gasteiger partial charge < -0.3 is 5.32 Å². The van der Waals surface area contributed by atoms with E-state index in [1.54, 1.807) is 12.4 Å². The van der Waals surface area contributed by atoms with Crippen molar-refractivity contribution >= 4 is 40.6 Å². The Hall–Kier alpha value is -2.75. The van der Waals surface area contributed by atoms with Crippen LogP contribution in [0.4, 0.5) is 0 Å². The predicted molar refractivity (Wildman–Crippen MR) is 142 cm³/mol. The van der Waals surface area contributed by atoms with E-state index in [4.69, 9.17) is 11.6 Å². The normalized spacial score (nSPS) is 11.1. The van der Waals surface area contributed by atoms with Crippen molar-refractivity contribution in [2.45, 2.75) is 50.4 Å². The highest BCUT2D eigenvalue weighted by molar-refractivity contribution is 7.98. The van der Waals surface area contributed by atoms with Crippen molar-refractivity contribution in [2.24, 2.45) is 0 Å².